The molecule has 1 atom stereocenters. The van der Waals surface area contributed by atoms with Crippen LogP contribution in [0.25, 0.3) is 0 Å². The Morgan fingerprint density at radius 3 is 2.67 bits per heavy atom. The van der Waals surface area contributed by atoms with Gasteiger partial charge in [-0.3, -0.25) is 4.79 Å². The molecule has 0 heterocycles. The van der Waals surface area contributed by atoms with E-state index in [9.17, 15) is 4.79 Å². The molecule has 0 aromatic heterocycles. The quantitative estimate of drug-likeness (QED) is 0.670. The van der Waals surface area contributed by atoms with Gasteiger partial charge in [-0.25, -0.2) is 0 Å². The molecule has 2 heteroatoms. The second-order valence-electron chi connectivity index (χ2n) is 5.18. The minimum absolute atomic E-state index is 0.401. The van der Waals surface area contributed by atoms with Gasteiger partial charge < -0.3 is 4.90 Å². The van der Waals surface area contributed by atoms with Crippen LogP contribution in [-0.4, -0.2) is 30.3 Å². The van der Waals surface area contributed by atoms with E-state index >= 15 is 0 Å². The minimum Gasteiger partial charge on any atom is -0.303 e. The lowest BCUT2D eigenvalue weighted by atomic mass is 10.0. The van der Waals surface area contributed by atoms with Crippen LogP contribution in [0.5, 0.6) is 0 Å². The van der Waals surface area contributed by atoms with E-state index in [0.717, 1.165) is 44.7 Å². The van der Waals surface area contributed by atoms with E-state index in [4.69, 9.17) is 0 Å². The Bertz CT molecular complexity index is 223. The van der Waals surface area contributed by atoms with E-state index < -0.39 is 0 Å². The van der Waals surface area contributed by atoms with E-state index in [1.165, 1.54) is 19.4 Å². The molecule has 0 aliphatic heterocycles. The molecule has 1 unspecified atom stereocenters. The Balaban J connectivity index is 1.67. The fourth-order valence-corrected chi connectivity index (χ4v) is 2.58. The molecule has 15 heavy (non-hydrogen) atoms. The van der Waals surface area contributed by atoms with Crippen LogP contribution in [0.2, 0.25) is 0 Å². The Labute approximate surface area is 93.0 Å². The Morgan fingerprint density at radius 1 is 1.33 bits per heavy atom. The molecule has 0 aromatic carbocycles. The maximum Gasteiger partial charge on any atom is 0.136 e. The van der Waals surface area contributed by atoms with Gasteiger partial charge in [0.2, 0.25) is 0 Å². The molecule has 2 fully saturated rings. The van der Waals surface area contributed by atoms with Gasteiger partial charge in [0.25, 0.3) is 0 Å². The van der Waals surface area contributed by atoms with Crippen molar-refractivity contribution < 1.29 is 4.79 Å². The van der Waals surface area contributed by atoms with Crippen molar-refractivity contribution in [3.63, 3.8) is 0 Å². The first-order chi connectivity index (χ1) is 7.29. The molecule has 2 nitrogen and oxygen atoms in total. The predicted octanol–water partition coefficient (Wildman–Crippen LogP) is 2.48. The van der Waals surface area contributed by atoms with Crippen molar-refractivity contribution in [2.45, 2.75) is 45.4 Å². The molecule has 2 rings (SSSR count). The van der Waals surface area contributed by atoms with E-state index in [2.05, 4.69) is 11.8 Å². The van der Waals surface area contributed by atoms with E-state index in [1.807, 2.05) is 0 Å². The Hall–Kier alpha value is -0.370. The lowest BCUT2D eigenvalue weighted by Crippen LogP contribution is -2.28. The van der Waals surface area contributed by atoms with Crippen molar-refractivity contribution >= 4 is 5.78 Å². The van der Waals surface area contributed by atoms with Crippen LogP contribution in [0.3, 0.4) is 0 Å². The molecule has 0 saturated heterocycles. The van der Waals surface area contributed by atoms with Crippen LogP contribution in [-0.2, 0) is 4.79 Å². The summed E-state index contributed by atoms with van der Waals surface area (Å²) in [5.41, 5.74) is 0. The van der Waals surface area contributed by atoms with Gasteiger partial charge in [-0.1, -0.05) is 6.92 Å². The second kappa shape index (κ2) is 5.11. The van der Waals surface area contributed by atoms with Crippen LogP contribution in [0.15, 0.2) is 0 Å². The molecule has 2 saturated carbocycles. The minimum atomic E-state index is 0.401. The number of carbonyl (C=O) groups excluding carboxylic acids is 1. The van der Waals surface area contributed by atoms with Crippen molar-refractivity contribution in [3.05, 3.63) is 0 Å². The van der Waals surface area contributed by atoms with Gasteiger partial charge in [-0.2, -0.15) is 0 Å². The zero-order valence-electron chi connectivity index (χ0n) is 9.87. The molecule has 0 N–H and O–H groups in total. The molecular weight excluding hydrogens is 186 g/mol. The molecule has 0 aromatic rings. The van der Waals surface area contributed by atoms with Gasteiger partial charge in [0.15, 0.2) is 0 Å². The molecule has 2 aliphatic rings. The van der Waals surface area contributed by atoms with Crippen LogP contribution >= 0.6 is 0 Å². The zero-order valence-corrected chi connectivity index (χ0v) is 9.87. The largest absolute Gasteiger partial charge is 0.303 e. The summed E-state index contributed by atoms with van der Waals surface area (Å²) in [6.45, 7) is 5.80. The maximum absolute atomic E-state index is 11.5. The number of hydrogen-bond donors (Lipinski definition) is 0. The van der Waals surface area contributed by atoms with E-state index in [-0.39, 0.29) is 0 Å². The third-order valence-electron chi connectivity index (χ3n) is 3.89. The summed E-state index contributed by atoms with van der Waals surface area (Å²) >= 11 is 0. The summed E-state index contributed by atoms with van der Waals surface area (Å²) in [6.07, 6.45) is 7.11. The number of hydrogen-bond acceptors (Lipinski definition) is 2. The Morgan fingerprint density at radius 2 is 2.13 bits per heavy atom. The highest BCUT2D eigenvalue weighted by Gasteiger charge is 2.26. The van der Waals surface area contributed by atoms with Crippen molar-refractivity contribution in [1.29, 1.82) is 0 Å². The van der Waals surface area contributed by atoms with Crippen LogP contribution < -0.4 is 0 Å². The van der Waals surface area contributed by atoms with Crippen molar-refractivity contribution in [3.8, 4) is 0 Å². The highest BCUT2D eigenvalue weighted by atomic mass is 16.1. The SMILES string of the molecule is CCN(CCC1CCCC1=O)CC1CC1. The molecule has 0 amide bonds. The van der Waals surface area contributed by atoms with Crippen LogP contribution in [0, 0.1) is 11.8 Å². The van der Waals surface area contributed by atoms with Gasteiger partial charge in [0.05, 0.1) is 0 Å². The molecule has 0 bridgehead atoms. The first kappa shape index (κ1) is 11.1. The summed E-state index contributed by atoms with van der Waals surface area (Å²) in [5.74, 6) is 1.90. The lowest BCUT2D eigenvalue weighted by molar-refractivity contribution is -0.120. The van der Waals surface area contributed by atoms with Gasteiger partial charge in [0.1, 0.15) is 5.78 Å². The summed E-state index contributed by atoms with van der Waals surface area (Å²) in [7, 11) is 0. The number of nitrogens with zero attached hydrogens (tertiary/aromatic N) is 1. The smallest absolute Gasteiger partial charge is 0.136 e. The van der Waals surface area contributed by atoms with Crippen LogP contribution in [0.1, 0.15) is 45.4 Å². The third kappa shape index (κ3) is 3.30. The molecular formula is C13H23NO. The summed E-state index contributed by atoms with van der Waals surface area (Å²) < 4.78 is 0. The fraction of sp³-hybridized carbons (Fsp3) is 0.923. The van der Waals surface area contributed by atoms with Gasteiger partial charge in [0, 0.05) is 18.9 Å². The zero-order chi connectivity index (χ0) is 10.7. The average Bonchev–Trinajstić information content (AvgIpc) is 2.96. The first-order valence-corrected chi connectivity index (χ1v) is 6.54. The summed E-state index contributed by atoms with van der Waals surface area (Å²) in [4.78, 5) is 14.0. The number of rotatable bonds is 6. The van der Waals surface area contributed by atoms with Gasteiger partial charge >= 0.3 is 0 Å². The molecule has 86 valence electrons. The van der Waals surface area contributed by atoms with Crippen molar-refractivity contribution in [2.24, 2.45) is 11.8 Å². The van der Waals surface area contributed by atoms with Gasteiger partial charge in [-0.05, 0) is 51.1 Å². The lowest BCUT2D eigenvalue weighted by Gasteiger charge is -2.21. The van der Waals surface area contributed by atoms with E-state index in [0.29, 0.717) is 11.7 Å². The third-order valence-corrected chi connectivity index (χ3v) is 3.89. The second-order valence-corrected chi connectivity index (χ2v) is 5.18. The monoisotopic (exact) mass is 209 g/mol. The van der Waals surface area contributed by atoms with E-state index in [1.54, 1.807) is 0 Å². The molecule has 0 radical (unpaired) electrons. The highest BCUT2D eigenvalue weighted by molar-refractivity contribution is 5.82. The number of Topliss-reactive ketones (excluding diaryl/α,β-unsaturated/α-hetero) is 1. The highest BCUT2D eigenvalue weighted by Crippen LogP contribution is 2.30. The standard InChI is InChI=1S/C13H23NO/c1-2-14(10-11-6-7-11)9-8-12-4-3-5-13(12)15/h11-12H,2-10H2,1H3. The normalized spacial score (nSPS) is 26.5. The number of carbonyl (C=O) groups is 1. The van der Waals surface area contributed by atoms with Crippen molar-refractivity contribution in [2.75, 3.05) is 19.6 Å². The first-order valence-electron chi connectivity index (χ1n) is 6.54. The van der Waals surface area contributed by atoms with Gasteiger partial charge in [-0.15, -0.1) is 0 Å². The van der Waals surface area contributed by atoms with Crippen molar-refractivity contribution in [1.82, 2.24) is 4.90 Å². The Kier molecular flexibility index (Phi) is 3.79. The molecule has 2 aliphatic carbocycles. The fourth-order valence-electron chi connectivity index (χ4n) is 2.58. The topological polar surface area (TPSA) is 20.3 Å². The summed E-state index contributed by atoms with van der Waals surface area (Å²) in [5, 5.41) is 0. The molecule has 0 spiro atoms. The average molecular weight is 209 g/mol. The van der Waals surface area contributed by atoms with Crippen LogP contribution in [0.4, 0.5) is 0 Å². The predicted molar refractivity (Wildman–Crippen MR) is 61.8 cm³/mol. The maximum atomic E-state index is 11.5. The number of ketones is 1. The summed E-state index contributed by atoms with van der Waals surface area (Å²) in [6, 6.07) is 0.